The van der Waals surface area contributed by atoms with Crippen LogP contribution in [-0.2, 0) is 6.54 Å². The van der Waals surface area contributed by atoms with Crippen LogP contribution in [0.4, 0.5) is 0 Å². The number of nitrogens with one attached hydrogen (secondary N) is 1. The summed E-state index contributed by atoms with van der Waals surface area (Å²) in [6, 6.07) is 6.06. The van der Waals surface area contributed by atoms with Crippen LogP contribution in [-0.4, -0.2) is 18.3 Å². The first kappa shape index (κ1) is 11.3. The van der Waals surface area contributed by atoms with Crippen LogP contribution in [0.2, 0.25) is 0 Å². The first-order valence-corrected chi connectivity index (χ1v) is 5.78. The van der Waals surface area contributed by atoms with Gasteiger partial charge in [-0.3, -0.25) is 0 Å². The van der Waals surface area contributed by atoms with Gasteiger partial charge in [-0.15, -0.1) is 0 Å². The average Bonchev–Trinajstić information content (AvgIpc) is 2.24. The first-order valence-electron chi connectivity index (χ1n) is 5.78. The van der Waals surface area contributed by atoms with E-state index in [1.807, 2.05) is 12.1 Å². The van der Waals surface area contributed by atoms with Crippen molar-refractivity contribution in [2.24, 2.45) is 5.92 Å². The van der Waals surface area contributed by atoms with Gasteiger partial charge >= 0.3 is 0 Å². The van der Waals surface area contributed by atoms with Gasteiger partial charge in [-0.05, 0) is 24.8 Å². The molecule has 0 saturated heterocycles. The Morgan fingerprint density at radius 3 is 2.75 bits per heavy atom. The standard InChI is InChI=1S/C13H19NO2/c1-9-5-11(6-9)14-8-10-3-4-12(16-2)7-13(10)15/h3-4,7,9,11,14-15H,5-6,8H2,1-2H3. The third-order valence-corrected chi connectivity index (χ3v) is 3.25. The van der Waals surface area contributed by atoms with E-state index in [2.05, 4.69) is 12.2 Å². The highest BCUT2D eigenvalue weighted by molar-refractivity contribution is 5.39. The van der Waals surface area contributed by atoms with Crippen LogP contribution < -0.4 is 10.1 Å². The lowest BCUT2D eigenvalue weighted by Crippen LogP contribution is -2.39. The van der Waals surface area contributed by atoms with Crippen molar-refractivity contribution in [3.05, 3.63) is 23.8 Å². The van der Waals surface area contributed by atoms with E-state index < -0.39 is 0 Å². The zero-order chi connectivity index (χ0) is 11.5. The molecular formula is C13H19NO2. The summed E-state index contributed by atoms with van der Waals surface area (Å²) >= 11 is 0. The number of hydrogen-bond donors (Lipinski definition) is 2. The van der Waals surface area contributed by atoms with Crippen molar-refractivity contribution in [3.63, 3.8) is 0 Å². The molecule has 1 aliphatic rings. The predicted octanol–water partition coefficient (Wildman–Crippen LogP) is 2.29. The molecule has 0 radical (unpaired) electrons. The van der Waals surface area contributed by atoms with E-state index in [4.69, 9.17) is 4.74 Å². The van der Waals surface area contributed by atoms with Gasteiger partial charge < -0.3 is 15.2 Å². The lowest BCUT2D eigenvalue weighted by molar-refractivity contribution is 0.239. The molecule has 1 aromatic carbocycles. The van der Waals surface area contributed by atoms with Gasteiger partial charge in [0.2, 0.25) is 0 Å². The van der Waals surface area contributed by atoms with E-state index in [1.54, 1.807) is 13.2 Å². The van der Waals surface area contributed by atoms with Crippen molar-refractivity contribution in [3.8, 4) is 11.5 Å². The second-order valence-corrected chi connectivity index (χ2v) is 4.65. The van der Waals surface area contributed by atoms with Crippen molar-refractivity contribution in [2.75, 3.05) is 7.11 Å². The van der Waals surface area contributed by atoms with Crippen LogP contribution in [0.3, 0.4) is 0 Å². The van der Waals surface area contributed by atoms with Gasteiger partial charge in [0.25, 0.3) is 0 Å². The van der Waals surface area contributed by atoms with Crippen molar-refractivity contribution in [1.29, 1.82) is 0 Å². The highest BCUT2D eigenvalue weighted by atomic mass is 16.5. The quantitative estimate of drug-likeness (QED) is 0.819. The largest absolute Gasteiger partial charge is 0.507 e. The van der Waals surface area contributed by atoms with Crippen LogP contribution in [0.25, 0.3) is 0 Å². The SMILES string of the molecule is COc1ccc(CNC2CC(C)C2)c(O)c1. The maximum absolute atomic E-state index is 9.76. The highest BCUT2D eigenvalue weighted by Gasteiger charge is 2.24. The van der Waals surface area contributed by atoms with Crippen LogP contribution >= 0.6 is 0 Å². The van der Waals surface area contributed by atoms with Gasteiger partial charge in [-0.1, -0.05) is 13.0 Å². The Morgan fingerprint density at radius 1 is 1.44 bits per heavy atom. The second-order valence-electron chi connectivity index (χ2n) is 4.65. The zero-order valence-corrected chi connectivity index (χ0v) is 9.86. The molecule has 2 rings (SSSR count). The molecule has 0 amide bonds. The lowest BCUT2D eigenvalue weighted by Gasteiger charge is -2.33. The number of phenolic OH excluding ortho intramolecular Hbond substituents is 1. The smallest absolute Gasteiger partial charge is 0.123 e. The van der Waals surface area contributed by atoms with E-state index >= 15 is 0 Å². The minimum Gasteiger partial charge on any atom is -0.507 e. The summed E-state index contributed by atoms with van der Waals surface area (Å²) in [6.07, 6.45) is 2.49. The highest BCUT2D eigenvalue weighted by Crippen LogP contribution is 2.28. The van der Waals surface area contributed by atoms with E-state index in [0.717, 1.165) is 18.0 Å². The molecule has 88 valence electrons. The fourth-order valence-corrected chi connectivity index (χ4v) is 2.14. The van der Waals surface area contributed by atoms with Gasteiger partial charge in [0.1, 0.15) is 11.5 Å². The molecule has 2 N–H and O–H groups in total. The molecule has 0 heterocycles. The van der Waals surface area contributed by atoms with Crippen molar-refractivity contribution in [2.45, 2.75) is 32.4 Å². The summed E-state index contributed by atoms with van der Waals surface area (Å²) in [6.45, 7) is 3.00. The maximum Gasteiger partial charge on any atom is 0.123 e. The summed E-state index contributed by atoms with van der Waals surface area (Å²) in [5.41, 5.74) is 0.931. The van der Waals surface area contributed by atoms with E-state index in [1.165, 1.54) is 12.8 Å². The lowest BCUT2D eigenvalue weighted by atomic mass is 9.82. The molecule has 1 saturated carbocycles. The second kappa shape index (κ2) is 4.74. The Balaban J connectivity index is 1.89. The molecule has 0 aliphatic heterocycles. The average molecular weight is 221 g/mol. The maximum atomic E-state index is 9.76. The molecule has 0 aromatic heterocycles. The summed E-state index contributed by atoms with van der Waals surface area (Å²) < 4.78 is 5.04. The number of rotatable bonds is 4. The van der Waals surface area contributed by atoms with E-state index in [-0.39, 0.29) is 0 Å². The Bertz CT molecular complexity index is 359. The third-order valence-electron chi connectivity index (χ3n) is 3.25. The Hall–Kier alpha value is -1.22. The minimum absolute atomic E-state index is 0.305. The molecule has 16 heavy (non-hydrogen) atoms. The van der Waals surface area contributed by atoms with Gasteiger partial charge in [-0.25, -0.2) is 0 Å². The molecule has 0 bridgehead atoms. The molecule has 1 aromatic rings. The van der Waals surface area contributed by atoms with Crippen LogP contribution in [0.5, 0.6) is 11.5 Å². The van der Waals surface area contributed by atoms with Crippen LogP contribution in [0.1, 0.15) is 25.3 Å². The molecular weight excluding hydrogens is 202 g/mol. The molecule has 1 aliphatic carbocycles. The monoisotopic (exact) mass is 221 g/mol. The molecule has 3 heteroatoms. The zero-order valence-electron chi connectivity index (χ0n) is 9.86. The number of benzene rings is 1. The van der Waals surface area contributed by atoms with Crippen molar-refractivity contribution in [1.82, 2.24) is 5.32 Å². The van der Waals surface area contributed by atoms with E-state index in [0.29, 0.717) is 17.5 Å². The molecule has 1 fully saturated rings. The topological polar surface area (TPSA) is 41.5 Å². The van der Waals surface area contributed by atoms with Crippen molar-refractivity contribution < 1.29 is 9.84 Å². The Morgan fingerprint density at radius 2 is 2.19 bits per heavy atom. The number of phenols is 1. The van der Waals surface area contributed by atoms with Gasteiger partial charge in [0.05, 0.1) is 7.11 Å². The normalized spacial score (nSPS) is 23.9. The van der Waals surface area contributed by atoms with Crippen LogP contribution in [0, 0.1) is 5.92 Å². The third kappa shape index (κ3) is 2.47. The van der Waals surface area contributed by atoms with E-state index in [9.17, 15) is 5.11 Å². The summed E-state index contributed by atoms with van der Waals surface area (Å²) in [5.74, 6) is 1.85. The Kier molecular flexibility index (Phi) is 3.34. The Labute approximate surface area is 96.4 Å². The summed E-state index contributed by atoms with van der Waals surface area (Å²) in [7, 11) is 1.60. The first-order chi connectivity index (χ1) is 7.69. The fourth-order valence-electron chi connectivity index (χ4n) is 2.14. The molecule has 0 unspecified atom stereocenters. The number of hydrogen-bond acceptors (Lipinski definition) is 3. The fraction of sp³-hybridized carbons (Fsp3) is 0.538. The molecule has 0 atom stereocenters. The number of aromatic hydroxyl groups is 1. The minimum atomic E-state index is 0.305. The summed E-state index contributed by atoms with van der Waals surface area (Å²) in [4.78, 5) is 0. The molecule has 0 spiro atoms. The number of methoxy groups -OCH3 is 1. The molecule has 3 nitrogen and oxygen atoms in total. The predicted molar refractivity (Wildman–Crippen MR) is 63.7 cm³/mol. The van der Waals surface area contributed by atoms with Crippen LogP contribution in [0.15, 0.2) is 18.2 Å². The van der Waals surface area contributed by atoms with Gasteiger partial charge in [0.15, 0.2) is 0 Å². The van der Waals surface area contributed by atoms with Gasteiger partial charge in [0, 0.05) is 24.2 Å². The van der Waals surface area contributed by atoms with Crippen molar-refractivity contribution >= 4 is 0 Å². The summed E-state index contributed by atoms with van der Waals surface area (Å²) in [5, 5.41) is 13.2. The number of ether oxygens (including phenoxy) is 1. The van der Waals surface area contributed by atoms with Gasteiger partial charge in [-0.2, -0.15) is 0 Å².